The normalized spacial score (nSPS) is 12.6. The van der Waals surface area contributed by atoms with Crippen LogP contribution in [0, 0.1) is 11.7 Å². The molecule has 1 N–H and O–H groups in total. The summed E-state index contributed by atoms with van der Waals surface area (Å²) in [5, 5.41) is 1.27. The van der Waals surface area contributed by atoms with E-state index >= 15 is 0 Å². The third-order valence-electron chi connectivity index (χ3n) is 2.05. The van der Waals surface area contributed by atoms with E-state index < -0.39 is 35.7 Å². The molecule has 0 saturated heterocycles. The molecule has 0 bridgehead atoms. The van der Waals surface area contributed by atoms with Crippen molar-refractivity contribution in [2.24, 2.45) is 5.92 Å². The highest BCUT2D eigenvalue weighted by Gasteiger charge is 2.61. The van der Waals surface area contributed by atoms with Gasteiger partial charge in [-0.3, -0.25) is 4.79 Å². The molecule has 19 heavy (non-hydrogen) atoms. The molecule has 9 heteroatoms. The quantitative estimate of drug-likeness (QED) is 0.829. The largest absolute Gasteiger partial charge is 0.409 e. The first-order chi connectivity index (χ1) is 8.53. The van der Waals surface area contributed by atoms with Crippen molar-refractivity contribution in [2.45, 2.75) is 12.4 Å². The van der Waals surface area contributed by atoms with Crippen molar-refractivity contribution >= 4 is 11.6 Å². The van der Waals surface area contributed by atoms with Crippen molar-refractivity contribution in [3.8, 4) is 0 Å². The summed E-state index contributed by atoms with van der Waals surface area (Å²) in [5.41, 5.74) is -0.758. The SMILES string of the molecule is O=C(Nc1ccccc1F)C(C(F)(F)F)C(F)(F)F. The molecule has 0 heterocycles. The minimum Gasteiger partial charge on any atom is -0.323 e. The zero-order valence-corrected chi connectivity index (χ0v) is 8.94. The van der Waals surface area contributed by atoms with Gasteiger partial charge in [0, 0.05) is 0 Å². The van der Waals surface area contributed by atoms with Crippen LogP contribution in [-0.2, 0) is 4.79 Å². The van der Waals surface area contributed by atoms with Gasteiger partial charge < -0.3 is 5.32 Å². The minimum atomic E-state index is -5.81. The Labute approximate surface area is 102 Å². The summed E-state index contributed by atoms with van der Waals surface area (Å²) >= 11 is 0. The lowest BCUT2D eigenvalue weighted by atomic mass is 10.1. The number of carbonyl (C=O) groups is 1. The molecule has 1 rings (SSSR count). The highest BCUT2D eigenvalue weighted by Crippen LogP contribution is 2.39. The lowest BCUT2D eigenvalue weighted by Crippen LogP contribution is -2.45. The maximum absolute atomic E-state index is 13.0. The highest BCUT2D eigenvalue weighted by atomic mass is 19.4. The van der Waals surface area contributed by atoms with Crippen molar-refractivity contribution in [1.29, 1.82) is 0 Å². The first kappa shape index (κ1) is 15.3. The number of halogens is 7. The number of nitrogens with one attached hydrogen (secondary N) is 1. The molecule has 0 aliphatic rings. The fraction of sp³-hybridized carbons (Fsp3) is 0.300. The summed E-state index contributed by atoms with van der Waals surface area (Å²) in [7, 11) is 0. The van der Waals surface area contributed by atoms with Crippen LogP contribution < -0.4 is 5.32 Å². The van der Waals surface area contributed by atoms with E-state index in [9.17, 15) is 35.5 Å². The molecule has 2 nitrogen and oxygen atoms in total. The van der Waals surface area contributed by atoms with Crippen molar-refractivity contribution < 1.29 is 35.5 Å². The first-order valence-corrected chi connectivity index (χ1v) is 4.72. The Morgan fingerprint density at radius 3 is 1.89 bits per heavy atom. The Hall–Kier alpha value is -1.80. The second kappa shape index (κ2) is 5.06. The van der Waals surface area contributed by atoms with Gasteiger partial charge in [-0.2, -0.15) is 26.3 Å². The predicted molar refractivity (Wildman–Crippen MR) is 50.6 cm³/mol. The van der Waals surface area contributed by atoms with Gasteiger partial charge in [0.25, 0.3) is 0 Å². The standard InChI is InChI=1S/C10H6F7NO/c11-5-3-1-2-4-6(5)18-8(19)7(9(12,13)14)10(15,16)17/h1-4,7H,(H,18,19). The molecule has 0 atom stereocenters. The van der Waals surface area contributed by atoms with E-state index in [1.165, 1.54) is 5.32 Å². The van der Waals surface area contributed by atoms with Crippen molar-refractivity contribution in [3.63, 3.8) is 0 Å². The molecular weight excluding hydrogens is 283 g/mol. The second-order valence-corrected chi connectivity index (χ2v) is 3.49. The fourth-order valence-corrected chi connectivity index (χ4v) is 1.25. The number of carbonyl (C=O) groups excluding carboxylic acids is 1. The topological polar surface area (TPSA) is 29.1 Å². The Balaban J connectivity index is 3.01. The van der Waals surface area contributed by atoms with E-state index in [-0.39, 0.29) is 0 Å². The van der Waals surface area contributed by atoms with E-state index in [1.54, 1.807) is 0 Å². The average molecular weight is 289 g/mol. The molecule has 0 radical (unpaired) electrons. The zero-order valence-electron chi connectivity index (χ0n) is 8.94. The van der Waals surface area contributed by atoms with Gasteiger partial charge in [-0.25, -0.2) is 4.39 Å². The van der Waals surface area contributed by atoms with Crippen molar-refractivity contribution in [3.05, 3.63) is 30.1 Å². The van der Waals surface area contributed by atoms with Crippen LogP contribution in [0.3, 0.4) is 0 Å². The number of para-hydroxylation sites is 1. The molecule has 1 amide bonds. The third kappa shape index (κ3) is 3.83. The second-order valence-electron chi connectivity index (χ2n) is 3.49. The van der Waals surface area contributed by atoms with Crippen LogP contribution in [0.1, 0.15) is 0 Å². The summed E-state index contributed by atoms with van der Waals surface area (Å²) in [5.74, 6) is -7.73. The summed E-state index contributed by atoms with van der Waals surface area (Å²) in [6, 6.07) is 3.94. The molecule has 0 aliphatic heterocycles. The monoisotopic (exact) mass is 289 g/mol. The summed E-state index contributed by atoms with van der Waals surface area (Å²) in [6.45, 7) is 0. The molecule has 1 aromatic rings. The van der Waals surface area contributed by atoms with Crippen LogP contribution in [-0.4, -0.2) is 18.3 Å². The number of hydrogen-bond donors (Lipinski definition) is 1. The number of rotatable bonds is 2. The number of amides is 1. The van der Waals surface area contributed by atoms with Gasteiger partial charge in [-0.15, -0.1) is 0 Å². The van der Waals surface area contributed by atoms with Gasteiger partial charge in [0.2, 0.25) is 11.8 Å². The van der Waals surface area contributed by atoms with Crippen LogP contribution in [0.5, 0.6) is 0 Å². The summed E-state index contributed by atoms with van der Waals surface area (Å²) in [4.78, 5) is 11.0. The molecule has 1 aromatic carbocycles. The highest BCUT2D eigenvalue weighted by molar-refractivity contribution is 5.93. The molecule has 0 aromatic heterocycles. The smallest absolute Gasteiger partial charge is 0.323 e. The van der Waals surface area contributed by atoms with E-state index in [4.69, 9.17) is 0 Å². The van der Waals surface area contributed by atoms with Gasteiger partial charge in [0.15, 0.2) is 0 Å². The molecule has 0 saturated carbocycles. The molecular formula is C10H6F7NO. The van der Waals surface area contributed by atoms with Crippen LogP contribution in [0.15, 0.2) is 24.3 Å². The maximum atomic E-state index is 13.0. The van der Waals surface area contributed by atoms with Crippen LogP contribution in [0.25, 0.3) is 0 Å². The van der Waals surface area contributed by atoms with Gasteiger partial charge >= 0.3 is 12.4 Å². The lowest BCUT2D eigenvalue weighted by molar-refractivity contribution is -0.272. The number of anilines is 1. The molecule has 0 spiro atoms. The van der Waals surface area contributed by atoms with Crippen molar-refractivity contribution in [1.82, 2.24) is 0 Å². The first-order valence-electron chi connectivity index (χ1n) is 4.72. The van der Waals surface area contributed by atoms with Gasteiger partial charge in [-0.05, 0) is 12.1 Å². The molecule has 106 valence electrons. The Bertz CT molecular complexity index is 452. The third-order valence-corrected chi connectivity index (χ3v) is 2.05. The van der Waals surface area contributed by atoms with Crippen LogP contribution in [0.4, 0.5) is 36.4 Å². The van der Waals surface area contributed by atoms with E-state index in [1.807, 2.05) is 0 Å². The number of benzene rings is 1. The summed E-state index contributed by atoms with van der Waals surface area (Å²) < 4.78 is 86.2. The van der Waals surface area contributed by atoms with E-state index in [2.05, 4.69) is 0 Å². The van der Waals surface area contributed by atoms with Crippen LogP contribution >= 0.6 is 0 Å². The Kier molecular flexibility index (Phi) is 4.06. The minimum absolute atomic E-state index is 0.758. The van der Waals surface area contributed by atoms with Gasteiger partial charge in [0.05, 0.1) is 5.69 Å². The molecule has 0 aliphatic carbocycles. The zero-order chi connectivity index (χ0) is 14.8. The lowest BCUT2D eigenvalue weighted by Gasteiger charge is -2.22. The summed E-state index contributed by atoms with van der Waals surface area (Å²) in [6.07, 6.45) is -11.6. The number of hydrogen-bond acceptors (Lipinski definition) is 1. The Morgan fingerprint density at radius 2 is 1.47 bits per heavy atom. The number of alkyl halides is 6. The fourth-order valence-electron chi connectivity index (χ4n) is 1.25. The average Bonchev–Trinajstić information content (AvgIpc) is 2.16. The van der Waals surface area contributed by atoms with E-state index in [0.29, 0.717) is 0 Å². The predicted octanol–water partition coefficient (Wildman–Crippen LogP) is 3.51. The Morgan fingerprint density at radius 1 is 1.00 bits per heavy atom. The van der Waals surface area contributed by atoms with Gasteiger partial charge in [0.1, 0.15) is 5.82 Å². The van der Waals surface area contributed by atoms with E-state index in [0.717, 1.165) is 24.3 Å². The maximum Gasteiger partial charge on any atom is 0.409 e. The van der Waals surface area contributed by atoms with Crippen molar-refractivity contribution in [2.75, 3.05) is 5.32 Å². The van der Waals surface area contributed by atoms with Crippen LogP contribution in [0.2, 0.25) is 0 Å². The molecule has 0 fully saturated rings. The van der Waals surface area contributed by atoms with Gasteiger partial charge in [-0.1, -0.05) is 12.1 Å². The molecule has 0 unspecified atom stereocenters.